The van der Waals surface area contributed by atoms with Crippen LogP contribution in [0.3, 0.4) is 0 Å². The van der Waals surface area contributed by atoms with E-state index in [1.54, 1.807) is 30.3 Å². The second-order valence-electron chi connectivity index (χ2n) is 4.69. The standard InChI is InChI=1S/C12H15ClN6O/c1-20-9-4-3-8(7-9)15-11-16-10(13)17-12(18-11)19-6-2-5-14-19/h2,5-6,8-9H,3-4,7H2,1H3,(H,15,16,17,18). The van der Waals surface area contributed by atoms with E-state index in [1.807, 2.05) is 0 Å². The quantitative estimate of drug-likeness (QED) is 0.924. The molecule has 2 aromatic rings. The van der Waals surface area contributed by atoms with Crippen molar-refractivity contribution >= 4 is 17.5 Å². The summed E-state index contributed by atoms with van der Waals surface area (Å²) >= 11 is 5.94. The number of ether oxygens (including phenoxy) is 1. The average Bonchev–Trinajstić information content (AvgIpc) is 3.09. The van der Waals surface area contributed by atoms with Gasteiger partial charge in [-0.15, -0.1) is 0 Å². The number of rotatable bonds is 4. The molecule has 0 aliphatic heterocycles. The van der Waals surface area contributed by atoms with Crippen molar-refractivity contribution in [1.82, 2.24) is 24.7 Å². The summed E-state index contributed by atoms with van der Waals surface area (Å²) in [5, 5.41) is 7.51. The predicted octanol–water partition coefficient (Wildman–Crippen LogP) is 1.69. The maximum atomic E-state index is 5.94. The Bertz CT molecular complexity index is 575. The number of halogens is 1. The highest BCUT2D eigenvalue weighted by Crippen LogP contribution is 2.24. The lowest BCUT2D eigenvalue weighted by molar-refractivity contribution is 0.108. The van der Waals surface area contributed by atoms with Crippen molar-refractivity contribution in [2.24, 2.45) is 0 Å². The van der Waals surface area contributed by atoms with Crippen molar-refractivity contribution in [3.05, 3.63) is 23.7 Å². The fourth-order valence-corrected chi connectivity index (χ4v) is 2.52. The lowest BCUT2D eigenvalue weighted by Gasteiger charge is -2.13. The Balaban J connectivity index is 1.77. The van der Waals surface area contributed by atoms with Crippen molar-refractivity contribution < 1.29 is 4.74 Å². The Hall–Kier alpha value is -1.73. The zero-order chi connectivity index (χ0) is 13.9. The third-order valence-electron chi connectivity index (χ3n) is 3.36. The molecule has 3 rings (SSSR count). The highest BCUT2D eigenvalue weighted by Gasteiger charge is 2.25. The summed E-state index contributed by atoms with van der Waals surface area (Å²) in [4.78, 5) is 12.5. The lowest BCUT2D eigenvalue weighted by Crippen LogP contribution is -2.20. The molecule has 2 unspecified atom stereocenters. The van der Waals surface area contributed by atoms with Gasteiger partial charge in [-0.1, -0.05) is 0 Å². The van der Waals surface area contributed by atoms with Crippen molar-refractivity contribution in [2.75, 3.05) is 12.4 Å². The second kappa shape index (κ2) is 5.72. The van der Waals surface area contributed by atoms with Gasteiger partial charge in [-0.05, 0) is 36.9 Å². The van der Waals surface area contributed by atoms with Gasteiger partial charge in [-0.2, -0.15) is 20.1 Å². The number of hydrogen-bond acceptors (Lipinski definition) is 6. The molecule has 0 amide bonds. The number of aromatic nitrogens is 5. The summed E-state index contributed by atoms with van der Waals surface area (Å²) in [6, 6.07) is 2.09. The number of hydrogen-bond donors (Lipinski definition) is 1. The molecule has 0 bridgehead atoms. The maximum Gasteiger partial charge on any atom is 0.256 e. The van der Waals surface area contributed by atoms with E-state index in [0.29, 0.717) is 24.0 Å². The summed E-state index contributed by atoms with van der Waals surface area (Å²) in [5.74, 6) is 0.871. The van der Waals surface area contributed by atoms with Crippen LogP contribution in [0, 0.1) is 0 Å². The van der Waals surface area contributed by atoms with E-state index in [2.05, 4.69) is 25.4 Å². The van der Waals surface area contributed by atoms with Crippen LogP contribution in [0.2, 0.25) is 5.28 Å². The first-order valence-electron chi connectivity index (χ1n) is 6.45. The van der Waals surface area contributed by atoms with Crippen LogP contribution in [0.15, 0.2) is 18.5 Å². The molecule has 1 aliphatic rings. The predicted molar refractivity (Wildman–Crippen MR) is 74.0 cm³/mol. The fourth-order valence-electron chi connectivity index (χ4n) is 2.36. The molecule has 106 valence electrons. The second-order valence-corrected chi connectivity index (χ2v) is 5.03. The van der Waals surface area contributed by atoms with E-state index in [9.17, 15) is 0 Å². The van der Waals surface area contributed by atoms with Crippen molar-refractivity contribution in [1.29, 1.82) is 0 Å². The molecule has 1 fully saturated rings. The zero-order valence-electron chi connectivity index (χ0n) is 11.0. The van der Waals surface area contributed by atoms with E-state index in [0.717, 1.165) is 19.3 Å². The Morgan fingerprint density at radius 1 is 1.35 bits per heavy atom. The third-order valence-corrected chi connectivity index (χ3v) is 3.53. The molecule has 1 saturated carbocycles. The minimum Gasteiger partial charge on any atom is -0.381 e. The Kier molecular flexibility index (Phi) is 3.79. The third kappa shape index (κ3) is 2.88. The van der Waals surface area contributed by atoms with E-state index in [1.165, 1.54) is 0 Å². The molecule has 8 heteroatoms. The molecule has 0 radical (unpaired) electrons. The van der Waals surface area contributed by atoms with Crippen molar-refractivity contribution in [2.45, 2.75) is 31.4 Å². The first-order valence-corrected chi connectivity index (χ1v) is 6.83. The maximum absolute atomic E-state index is 5.94. The fraction of sp³-hybridized carbons (Fsp3) is 0.500. The Morgan fingerprint density at radius 3 is 2.95 bits per heavy atom. The summed E-state index contributed by atoms with van der Waals surface area (Å²) in [5.41, 5.74) is 0. The topological polar surface area (TPSA) is 77.8 Å². The van der Waals surface area contributed by atoms with Gasteiger partial charge in [0.05, 0.1) is 6.10 Å². The molecule has 1 N–H and O–H groups in total. The molecule has 2 aromatic heterocycles. The van der Waals surface area contributed by atoms with Gasteiger partial charge >= 0.3 is 0 Å². The summed E-state index contributed by atoms with van der Waals surface area (Å²) < 4.78 is 6.90. The average molecular weight is 295 g/mol. The number of nitrogens with one attached hydrogen (secondary N) is 1. The molecule has 2 atom stereocenters. The highest BCUT2D eigenvalue weighted by molar-refractivity contribution is 6.28. The van der Waals surface area contributed by atoms with Crippen LogP contribution in [0.5, 0.6) is 0 Å². The summed E-state index contributed by atoms with van der Waals surface area (Å²) in [6.45, 7) is 0. The molecule has 0 saturated heterocycles. The van der Waals surface area contributed by atoms with Gasteiger partial charge in [-0.3, -0.25) is 0 Å². The first kappa shape index (κ1) is 13.3. The van der Waals surface area contributed by atoms with E-state index in [-0.39, 0.29) is 5.28 Å². The van der Waals surface area contributed by atoms with Crippen LogP contribution in [0.4, 0.5) is 5.95 Å². The molecule has 0 aromatic carbocycles. The molecule has 2 heterocycles. The Morgan fingerprint density at radius 2 is 2.25 bits per heavy atom. The molecule has 20 heavy (non-hydrogen) atoms. The van der Waals surface area contributed by atoms with Crippen LogP contribution in [-0.2, 0) is 4.74 Å². The van der Waals surface area contributed by atoms with Gasteiger partial charge in [0.2, 0.25) is 11.2 Å². The molecular formula is C12H15ClN6O. The largest absolute Gasteiger partial charge is 0.381 e. The smallest absolute Gasteiger partial charge is 0.256 e. The van der Waals surface area contributed by atoms with Gasteiger partial charge < -0.3 is 10.1 Å². The van der Waals surface area contributed by atoms with Crippen LogP contribution in [-0.4, -0.2) is 44.0 Å². The van der Waals surface area contributed by atoms with Gasteiger partial charge in [0, 0.05) is 25.5 Å². The number of methoxy groups -OCH3 is 1. The summed E-state index contributed by atoms with van der Waals surface area (Å²) in [6.07, 6.45) is 6.72. The molecule has 7 nitrogen and oxygen atoms in total. The first-order chi connectivity index (χ1) is 9.74. The minimum absolute atomic E-state index is 0.147. The molecule has 0 spiro atoms. The van der Waals surface area contributed by atoms with E-state index in [4.69, 9.17) is 16.3 Å². The van der Waals surface area contributed by atoms with Gasteiger partial charge in [0.15, 0.2) is 0 Å². The Labute approximate surface area is 121 Å². The highest BCUT2D eigenvalue weighted by atomic mass is 35.5. The van der Waals surface area contributed by atoms with Crippen LogP contribution in [0.1, 0.15) is 19.3 Å². The molecular weight excluding hydrogens is 280 g/mol. The SMILES string of the molecule is COC1CCC(Nc2nc(Cl)nc(-n3cccn3)n2)C1. The number of nitrogens with zero attached hydrogens (tertiary/aromatic N) is 5. The van der Waals surface area contributed by atoms with Gasteiger partial charge in [0.1, 0.15) is 0 Å². The van der Waals surface area contributed by atoms with Crippen LogP contribution < -0.4 is 5.32 Å². The monoisotopic (exact) mass is 294 g/mol. The normalized spacial score (nSPS) is 22.1. The van der Waals surface area contributed by atoms with Crippen molar-refractivity contribution in [3.8, 4) is 5.95 Å². The van der Waals surface area contributed by atoms with E-state index < -0.39 is 0 Å². The lowest BCUT2D eigenvalue weighted by atomic mass is 10.2. The van der Waals surface area contributed by atoms with Crippen LogP contribution >= 0.6 is 11.6 Å². The summed E-state index contributed by atoms with van der Waals surface area (Å²) in [7, 11) is 1.74. The molecule has 1 aliphatic carbocycles. The zero-order valence-corrected chi connectivity index (χ0v) is 11.8. The van der Waals surface area contributed by atoms with Crippen molar-refractivity contribution in [3.63, 3.8) is 0 Å². The number of anilines is 1. The van der Waals surface area contributed by atoms with Gasteiger partial charge in [0.25, 0.3) is 5.95 Å². The van der Waals surface area contributed by atoms with Crippen LogP contribution in [0.25, 0.3) is 5.95 Å². The minimum atomic E-state index is 0.147. The van der Waals surface area contributed by atoms with E-state index >= 15 is 0 Å². The van der Waals surface area contributed by atoms with Gasteiger partial charge in [-0.25, -0.2) is 4.68 Å².